The van der Waals surface area contributed by atoms with Crippen molar-refractivity contribution in [1.82, 2.24) is 9.78 Å². The maximum atomic E-state index is 5.83. The van der Waals surface area contributed by atoms with Gasteiger partial charge >= 0.3 is 0 Å². The molecule has 1 heterocycles. The SMILES string of the molecule is ClCc1cccc(OCc2ccn(C3CCCCC3)n2)c1. The summed E-state index contributed by atoms with van der Waals surface area (Å²) in [5, 5.41) is 4.66. The van der Waals surface area contributed by atoms with Crippen LogP contribution < -0.4 is 4.74 Å². The third-order valence-electron chi connectivity index (χ3n) is 4.05. The van der Waals surface area contributed by atoms with Gasteiger partial charge in [-0.1, -0.05) is 31.4 Å². The highest BCUT2D eigenvalue weighted by Gasteiger charge is 2.16. The fraction of sp³-hybridized carbons (Fsp3) is 0.471. The number of hydrogen-bond donors (Lipinski definition) is 0. The summed E-state index contributed by atoms with van der Waals surface area (Å²) in [6, 6.07) is 10.5. The lowest BCUT2D eigenvalue weighted by molar-refractivity contribution is 0.291. The highest BCUT2D eigenvalue weighted by Crippen LogP contribution is 2.27. The molecular weight excluding hydrogens is 284 g/mol. The van der Waals surface area contributed by atoms with E-state index < -0.39 is 0 Å². The molecule has 0 N–H and O–H groups in total. The molecule has 0 bridgehead atoms. The van der Waals surface area contributed by atoms with E-state index >= 15 is 0 Å². The summed E-state index contributed by atoms with van der Waals surface area (Å²) in [4.78, 5) is 0. The van der Waals surface area contributed by atoms with Crippen LogP contribution in [0.3, 0.4) is 0 Å². The quantitative estimate of drug-likeness (QED) is 0.748. The lowest BCUT2D eigenvalue weighted by Crippen LogP contribution is -2.13. The Morgan fingerprint density at radius 3 is 2.86 bits per heavy atom. The van der Waals surface area contributed by atoms with E-state index in [2.05, 4.69) is 22.0 Å². The van der Waals surface area contributed by atoms with E-state index in [9.17, 15) is 0 Å². The van der Waals surface area contributed by atoms with E-state index in [-0.39, 0.29) is 0 Å². The molecule has 3 rings (SSSR count). The molecule has 1 aliphatic carbocycles. The van der Waals surface area contributed by atoms with Gasteiger partial charge in [0.15, 0.2) is 0 Å². The van der Waals surface area contributed by atoms with Crippen LogP contribution >= 0.6 is 11.6 Å². The molecule has 4 heteroatoms. The molecule has 1 aromatic carbocycles. The van der Waals surface area contributed by atoms with Crippen LogP contribution in [0, 0.1) is 0 Å². The molecule has 1 saturated carbocycles. The minimum atomic E-state index is 0.505. The van der Waals surface area contributed by atoms with E-state index in [4.69, 9.17) is 16.3 Å². The summed E-state index contributed by atoms with van der Waals surface area (Å²) in [6.45, 7) is 0.505. The first-order valence-corrected chi connectivity index (χ1v) is 8.20. The zero-order valence-corrected chi connectivity index (χ0v) is 12.9. The Bertz CT molecular complexity index is 576. The van der Waals surface area contributed by atoms with Gasteiger partial charge in [0.2, 0.25) is 0 Å². The molecule has 21 heavy (non-hydrogen) atoms. The number of ether oxygens (including phenoxy) is 1. The van der Waals surface area contributed by atoms with Gasteiger partial charge < -0.3 is 4.74 Å². The van der Waals surface area contributed by atoms with E-state index in [1.807, 2.05) is 24.3 Å². The highest BCUT2D eigenvalue weighted by atomic mass is 35.5. The van der Waals surface area contributed by atoms with E-state index in [1.54, 1.807) is 0 Å². The van der Waals surface area contributed by atoms with Gasteiger partial charge in [-0.3, -0.25) is 4.68 Å². The maximum Gasteiger partial charge on any atom is 0.132 e. The highest BCUT2D eigenvalue weighted by molar-refractivity contribution is 6.17. The van der Waals surface area contributed by atoms with Crippen molar-refractivity contribution < 1.29 is 4.74 Å². The minimum Gasteiger partial charge on any atom is -0.487 e. The molecule has 0 spiro atoms. The molecular formula is C17H21ClN2O. The van der Waals surface area contributed by atoms with Crippen LogP contribution in [-0.4, -0.2) is 9.78 Å². The standard InChI is InChI=1S/C17H21ClN2O/c18-12-14-5-4-8-17(11-14)21-13-15-9-10-20(19-15)16-6-2-1-3-7-16/h4-5,8-11,16H,1-3,6-7,12-13H2. The van der Waals surface area contributed by atoms with Crippen LogP contribution in [0.4, 0.5) is 0 Å². The summed E-state index contributed by atoms with van der Waals surface area (Å²) in [5.41, 5.74) is 2.05. The normalized spacial score (nSPS) is 16.0. The third-order valence-corrected chi connectivity index (χ3v) is 4.36. The summed E-state index contributed by atoms with van der Waals surface area (Å²) in [7, 11) is 0. The van der Waals surface area contributed by atoms with Gasteiger partial charge in [0.1, 0.15) is 12.4 Å². The molecule has 0 unspecified atom stereocenters. The topological polar surface area (TPSA) is 27.1 Å². The van der Waals surface area contributed by atoms with Crippen molar-refractivity contribution in [2.75, 3.05) is 0 Å². The largest absolute Gasteiger partial charge is 0.487 e. The molecule has 2 aromatic rings. The second kappa shape index (κ2) is 6.99. The molecule has 1 aliphatic rings. The molecule has 1 aromatic heterocycles. The predicted octanol–water partition coefficient (Wildman–Crippen LogP) is 4.71. The van der Waals surface area contributed by atoms with Crippen molar-refractivity contribution in [3.05, 3.63) is 47.8 Å². The fourth-order valence-corrected chi connectivity index (χ4v) is 3.05. The van der Waals surface area contributed by atoms with E-state index in [0.29, 0.717) is 18.5 Å². The van der Waals surface area contributed by atoms with Crippen LogP contribution in [0.5, 0.6) is 5.75 Å². The first kappa shape index (κ1) is 14.5. The monoisotopic (exact) mass is 304 g/mol. The van der Waals surface area contributed by atoms with Gasteiger partial charge in [-0.05, 0) is 36.6 Å². The average molecular weight is 305 g/mol. The predicted molar refractivity (Wildman–Crippen MR) is 84.7 cm³/mol. The average Bonchev–Trinajstić information content (AvgIpc) is 3.03. The van der Waals surface area contributed by atoms with Crippen molar-refractivity contribution in [3.8, 4) is 5.75 Å². The third kappa shape index (κ3) is 3.79. The number of aromatic nitrogens is 2. The smallest absolute Gasteiger partial charge is 0.132 e. The first-order valence-electron chi connectivity index (χ1n) is 7.67. The Morgan fingerprint density at radius 2 is 2.05 bits per heavy atom. The number of nitrogens with zero attached hydrogens (tertiary/aromatic N) is 2. The maximum absolute atomic E-state index is 5.83. The lowest BCUT2D eigenvalue weighted by Gasteiger charge is -2.21. The van der Waals surface area contributed by atoms with Crippen LogP contribution in [0.1, 0.15) is 49.4 Å². The van der Waals surface area contributed by atoms with Gasteiger partial charge in [0, 0.05) is 12.1 Å². The Morgan fingerprint density at radius 1 is 1.19 bits per heavy atom. The summed E-state index contributed by atoms with van der Waals surface area (Å²) >= 11 is 5.83. The van der Waals surface area contributed by atoms with Crippen LogP contribution in [-0.2, 0) is 12.5 Å². The number of hydrogen-bond acceptors (Lipinski definition) is 2. The van der Waals surface area contributed by atoms with Gasteiger partial charge in [-0.2, -0.15) is 5.10 Å². The molecule has 3 nitrogen and oxygen atoms in total. The second-order valence-electron chi connectivity index (χ2n) is 5.65. The molecule has 0 radical (unpaired) electrons. The summed E-state index contributed by atoms with van der Waals surface area (Å²) < 4.78 is 7.92. The van der Waals surface area contributed by atoms with E-state index in [0.717, 1.165) is 17.0 Å². The molecule has 1 fully saturated rings. The fourth-order valence-electron chi connectivity index (χ4n) is 2.88. The molecule has 0 atom stereocenters. The Hall–Kier alpha value is -1.48. The zero-order valence-electron chi connectivity index (χ0n) is 12.2. The Kier molecular flexibility index (Phi) is 4.81. The van der Waals surface area contributed by atoms with Crippen molar-refractivity contribution >= 4 is 11.6 Å². The van der Waals surface area contributed by atoms with Crippen LogP contribution in [0.15, 0.2) is 36.5 Å². The lowest BCUT2D eigenvalue weighted by atomic mass is 9.96. The Labute approximate surface area is 130 Å². The van der Waals surface area contributed by atoms with Gasteiger partial charge in [-0.15, -0.1) is 11.6 Å². The molecule has 0 aliphatic heterocycles. The van der Waals surface area contributed by atoms with Crippen molar-refractivity contribution in [1.29, 1.82) is 0 Å². The number of alkyl halides is 1. The molecule has 0 saturated heterocycles. The van der Waals surface area contributed by atoms with Crippen molar-refractivity contribution in [2.45, 2.75) is 50.6 Å². The minimum absolute atomic E-state index is 0.505. The number of rotatable bonds is 5. The number of benzene rings is 1. The van der Waals surface area contributed by atoms with Crippen LogP contribution in [0.2, 0.25) is 0 Å². The van der Waals surface area contributed by atoms with Crippen molar-refractivity contribution in [3.63, 3.8) is 0 Å². The van der Waals surface area contributed by atoms with Gasteiger partial charge in [-0.25, -0.2) is 0 Å². The molecule has 0 amide bonds. The van der Waals surface area contributed by atoms with Gasteiger partial charge in [0.25, 0.3) is 0 Å². The Balaban J connectivity index is 1.59. The molecule has 112 valence electrons. The summed E-state index contributed by atoms with van der Waals surface area (Å²) in [5.74, 6) is 1.36. The first-order chi connectivity index (χ1) is 10.3. The number of halogens is 1. The van der Waals surface area contributed by atoms with E-state index in [1.165, 1.54) is 32.1 Å². The van der Waals surface area contributed by atoms with Crippen LogP contribution in [0.25, 0.3) is 0 Å². The van der Waals surface area contributed by atoms with Gasteiger partial charge in [0.05, 0.1) is 11.7 Å². The zero-order chi connectivity index (χ0) is 14.5. The summed E-state index contributed by atoms with van der Waals surface area (Å²) in [6.07, 6.45) is 8.59. The van der Waals surface area contributed by atoms with Crippen molar-refractivity contribution in [2.24, 2.45) is 0 Å². The second-order valence-corrected chi connectivity index (χ2v) is 5.92.